The summed E-state index contributed by atoms with van der Waals surface area (Å²) in [6.07, 6.45) is 1.26. The van der Waals surface area contributed by atoms with Crippen LogP contribution in [0.5, 0.6) is 11.5 Å². The molecule has 1 amide bonds. The number of methoxy groups -OCH3 is 2. The number of carboxylic acid groups (broad SMARTS) is 1. The van der Waals surface area contributed by atoms with Gasteiger partial charge in [-0.3, -0.25) is 4.79 Å². The van der Waals surface area contributed by atoms with Crippen molar-refractivity contribution in [2.75, 3.05) is 14.2 Å². The van der Waals surface area contributed by atoms with Gasteiger partial charge >= 0.3 is 5.97 Å². The van der Waals surface area contributed by atoms with Crippen LogP contribution in [-0.4, -0.2) is 42.4 Å². The summed E-state index contributed by atoms with van der Waals surface area (Å²) >= 11 is 0. The van der Waals surface area contributed by atoms with Crippen molar-refractivity contribution in [1.82, 2.24) is 10.4 Å². The molecule has 0 spiro atoms. The summed E-state index contributed by atoms with van der Waals surface area (Å²) in [5.74, 6) is -1.31. The van der Waals surface area contributed by atoms with Gasteiger partial charge in [-0.1, -0.05) is 42.0 Å². The first-order chi connectivity index (χ1) is 16.4. The number of carbonyl (C=O) groups is 2. The molecule has 0 aliphatic heterocycles. The Hall–Kier alpha value is -4.59. The summed E-state index contributed by atoms with van der Waals surface area (Å²) < 4.78 is 10.4. The Morgan fingerprint density at radius 3 is 2.47 bits per heavy atom. The second-order valence-electron chi connectivity index (χ2n) is 7.56. The van der Waals surface area contributed by atoms with Crippen molar-refractivity contribution in [3.63, 3.8) is 0 Å². The predicted molar refractivity (Wildman–Crippen MR) is 130 cm³/mol. The van der Waals surface area contributed by atoms with Crippen LogP contribution in [0, 0.1) is 6.92 Å². The Bertz CT molecular complexity index is 1410. The average molecular weight is 457 g/mol. The lowest BCUT2D eigenvalue weighted by Crippen LogP contribution is -2.19. The van der Waals surface area contributed by atoms with E-state index < -0.39 is 11.9 Å². The largest absolute Gasteiger partial charge is 0.493 e. The van der Waals surface area contributed by atoms with Crippen LogP contribution in [0.25, 0.3) is 22.0 Å². The minimum Gasteiger partial charge on any atom is -0.493 e. The number of aromatic amines is 1. The number of aryl methyl sites for hydroxylation is 1. The highest BCUT2D eigenvalue weighted by Crippen LogP contribution is 2.34. The third kappa shape index (κ3) is 4.21. The number of nitrogens with zero attached hydrogens (tertiary/aromatic N) is 1. The first kappa shape index (κ1) is 22.6. The average Bonchev–Trinajstić information content (AvgIpc) is 3.22. The van der Waals surface area contributed by atoms with Crippen LogP contribution in [-0.2, 0) is 0 Å². The molecule has 3 aromatic carbocycles. The van der Waals surface area contributed by atoms with E-state index in [1.165, 1.54) is 26.5 Å². The minimum absolute atomic E-state index is 0.0719. The summed E-state index contributed by atoms with van der Waals surface area (Å²) in [6, 6.07) is 18.6. The Kier molecular flexibility index (Phi) is 6.31. The van der Waals surface area contributed by atoms with E-state index in [9.17, 15) is 14.7 Å². The molecular formula is C26H23N3O5. The van der Waals surface area contributed by atoms with Crippen molar-refractivity contribution in [1.29, 1.82) is 0 Å². The van der Waals surface area contributed by atoms with Gasteiger partial charge in [0.25, 0.3) is 5.91 Å². The molecule has 8 nitrogen and oxygen atoms in total. The van der Waals surface area contributed by atoms with Crippen LogP contribution >= 0.6 is 0 Å². The molecule has 0 saturated carbocycles. The lowest BCUT2D eigenvalue weighted by Gasteiger charge is -2.12. The molecule has 1 aromatic heterocycles. The fourth-order valence-corrected chi connectivity index (χ4v) is 3.87. The van der Waals surface area contributed by atoms with Crippen LogP contribution < -0.4 is 14.9 Å². The highest BCUT2D eigenvalue weighted by atomic mass is 16.5. The molecule has 0 unspecified atom stereocenters. The number of carbonyl (C=O) groups excluding carboxylic acids is 1. The normalized spacial score (nSPS) is 11.0. The Morgan fingerprint density at radius 1 is 1.03 bits per heavy atom. The molecule has 0 saturated heterocycles. The first-order valence-electron chi connectivity index (χ1n) is 10.4. The summed E-state index contributed by atoms with van der Waals surface area (Å²) in [5, 5.41) is 14.6. The number of hydrogen-bond acceptors (Lipinski definition) is 5. The zero-order valence-electron chi connectivity index (χ0n) is 18.9. The van der Waals surface area contributed by atoms with Gasteiger partial charge in [0.1, 0.15) is 11.3 Å². The zero-order chi connectivity index (χ0) is 24.2. The number of hydrazone groups is 1. The van der Waals surface area contributed by atoms with Crippen molar-refractivity contribution in [3.05, 3.63) is 83.0 Å². The van der Waals surface area contributed by atoms with Gasteiger partial charge in [0.2, 0.25) is 0 Å². The molecule has 4 rings (SSSR count). The van der Waals surface area contributed by atoms with Gasteiger partial charge in [0.05, 0.1) is 20.4 Å². The Labute approximate surface area is 195 Å². The van der Waals surface area contributed by atoms with Gasteiger partial charge in [-0.05, 0) is 36.8 Å². The zero-order valence-corrected chi connectivity index (χ0v) is 18.9. The van der Waals surface area contributed by atoms with Gasteiger partial charge in [-0.25, -0.2) is 10.2 Å². The summed E-state index contributed by atoms with van der Waals surface area (Å²) in [7, 11) is 2.78. The molecule has 34 heavy (non-hydrogen) atoms. The molecule has 1 heterocycles. The minimum atomic E-state index is -1.21. The second kappa shape index (κ2) is 9.50. The maximum atomic E-state index is 13.1. The summed E-state index contributed by atoms with van der Waals surface area (Å²) in [4.78, 5) is 28.1. The number of H-pyrrole nitrogens is 1. The Morgan fingerprint density at radius 2 is 1.79 bits per heavy atom. The number of carboxylic acids is 1. The molecule has 0 aliphatic rings. The van der Waals surface area contributed by atoms with Gasteiger partial charge in [-0.2, -0.15) is 5.10 Å². The van der Waals surface area contributed by atoms with Crippen LogP contribution in [0.3, 0.4) is 0 Å². The van der Waals surface area contributed by atoms with E-state index in [-0.39, 0.29) is 22.6 Å². The molecule has 0 bridgehead atoms. The highest BCUT2D eigenvalue weighted by Gasteiger charge is 2.21. The third-order valence-corrected chi connectivity index (χ3v) is 5.41. The van der Waals surface area contributed by atoms with Crippen molar-refractivity contribution in [2.45, 2.75) is 6.92 Å². The molecule has 0 radical (unpaired) electrons. The van der Waals surface area contributed by atoms with Gasteiger partial charge in [0, 0.05) is 22.0 Å². The number of ether oxygens (including phenoxy) is 2. The molecule has 8 heteroatoms. The number of nitrogens with one attached hydrogen (secondary N) is 2. The second-order valence-corrected chi connectivity index (χ2v) is 7.56. The monoisotopic (exact) mass is 457 g/mol. The van der Waals surface area contributed by atoms with Crippen molar-refractivity contribution < 1.29 is 24.2 Å². The van der Waals surface area contributed by atoms with E-state index in [4.69, 9.17) is 9.47 Å². The molecular weight excluding hydrogens is 434 g/mol. The molecule has 3 N–H and O–H groups in total. The Balaban J connectivity index is 1.70. The van der Waals surface area contributed by atoms with Crippen molar-refractivity contribution in [2.24, 2.45) is 5.10 Å². The van der Waals surface area contributed by atoms with E-state index in [1.807, 2.05) is 55.5 Å². The number of aromatic nitrogens is 1. The van der Waals surface area contributed by atoms with Crippen molar-refractivity contribution >= 4 is 29.0 Å². The maximum Gasteiger partial charge on any atom is 0.340 e. The van der Waals surface area contributed by atoms with E-state index >= 15 is 0 Å². The lowest BCUT2D eigenvalue weighted by molar-refractivity contribution is 0.0692. The number of benzene rings is 3. The number of rotatable bonds is 7. The molecule has 0 fully saturated rings. The fourth-order valence-electron chi connectivity index (χ4n) is 3.87. The summed E-state index contributed by atoms with van der Waals surface area (Å²) in [5.41, 5.74) is 6.54. The summed E-state index contributed by atoms with van der Waals surface area (Å²) in [6.45, 7) is 1.99. The van der Waals surface area contributed by atoms with Gasteiger partial charge < -0.3 is 19.6 Å². The first-order valence-corrected chi connectivity index (χ1v) is 10.4. The van der Waals surface area contributed by atoms with E-state index in [1.54, 1.807) is 6.07 Å². The lowest BCUT2D eigenvalue weighted by atomic mass is 10.0. The highest BCUT2D eigenvalue weighted by molar-refractivity contribution is 6.10. The van der Waals surface area contributed by atoms with Crippen LogP contribution in [0.15, 0.2) is 65.8 Å². The van der Waals surface area contributed by atoms with Crippen LogP contribution in [0.4, 0.5) is 0 Å². The molecule has 4 aromatic rings. The predicted octanol–water partition coefficient (Wildman–Crippen LogP) is 4.62. The number of fused-ring (bicyclic) bond motifs is 1. The number of amides is 1. The fraction of sp³-hybridized carbons (Fsp3) is 0.115. The van der Waals surface area contributed by atoms with E-state index in [0.29, 0.717) is 5.69 Å². The smallest absolute Gasteiger partial charge is 0.340 e. The quantitative estimate of drug-likeness (QED) is 0.277. The maximum absolute atomic E-state index is 13.1. The van der Waals surface area contributed by atoms with Crippen LogP contribution in [0.2, 0.25) is 0 Å². The van der Waals surface area contributed by atoms with Gasteiger partial charge in [0.15, 0.2) is 11.5 Å². The third-order valence-electron chi connectivity index (χ3n) is 5.41. The molecule has 172 valence electrons. The number of aromatic carboxylic acids is 1. The van der Waals surface area contributed by atoms with Crippen molar-refractivity contribution in [3.8, 4) is 22.6 Å². The van der Waals surface area contributed by atoms with E-state index in [2.05, 4.69) is 15.5 Å². The number of hydrogen-bond donors (Lipinski definition) is 3. The van der Waals surface area contributed by atoms with Crippen LogP contribution in [0.1, 0.15) is 32.0 Å². The SMILES string of the molecule is COc1ccc(/C=N\NC(=O)c2[nH]c3ccc(C)cc3c2-c2ccccc2)c(C(=O)O)c1OC. The van der Waals surface area contributed by atoms with Gasteiger partial charge in [-0.15, -0.1) is 0 Å². The topological polar surface area (TPSA) is 113 Å². The standard InChI is InChI=1S/C26H23N3O5/c1-15-9-11-19-18(13-15)21(16-7-5-4-6-8-16)23(28-19)25(30)29-27-14-17-10-12-20(33-2)24(34-3)22(17)26(31)32/h4-14,28H,1-3H3,(H,29,30)(H,31,32)/b27-14-. The molecule has 0 atom stereocenters. The van der Waals surface area contributed by atoms with E-state index in [0.717, 1.165) is 27.6 Å². The molecule has 0 aliphatic carbocycles.